The van der Waals surface area contributed by atoms with Gasteiger partial charge in [0.05, 0.1) is 11.6 Å². The number of alkyl halides is 1. The third-order valence-corrected chi connectivity index (χ3v) is 2.51. The Hall–Kier alpha value is -0.590. The topological polar surface area (TPSA) is 78.0 Å². The molecule has 5 nitrogen and oxygen atoms in total. The first kappa shape index (κ1) is 9.50. The molecular weight excluding hydrogens is 202 g/mol. The van der Waals surface area contributed by atoms with Gasteiger partial charge in [-0.05, 0) is 0 Å². The highest BCUT2D eigenvalue weighted by atomic mass is 35.5. The predicted octanol–water partition coefficient (Wildman–Crippen LogP) is -0.194. The second-order valence-electron chi connectivity index (χ2n) is 2.29. The van der Waals surface area contributed by atoms with Gasteiger partial charge in [-0.2, -0.15) is 5.10 Å². The Morgan fingerprint density at radius 2 is 2.33 bits per heavy atom. The minimum absolute atomic E-state index is 0.0139. The van der Waals surface area contributed by atoms with Crippen LogP contribution in [0.25, 0.3) is 0 Å². The zero-order chi connectivity index (χ0) is 9.35. The van der Waals surface area contributed by atoms with Gasteiger partial charge in [0.2, 0.25) is 10.0 Å². The first-order valence-corrected chi connectivity index (χ1v) is 5.14. The van der Waals surface area contributed by atoms with E-state index in [1.165, 1.54) is 10.9 Å². The van der Waals surface area contributed by atoms with Gasteiger partial charge in [-0.25, -0.2) is 13.6 Å². The summed E-state index contributed by atoms with van der Waals surface area (Å²) in [5.74, 6) is 0.0343. The van der Waals surface area contributed by atoms with E-state index in [2.05, 4.69) is 5.10 Å². The molecule has 0 saturated carbocycles. The number of aromatic nitrogens is 2. The molecule has 1 heterocycles. The summed E-state index contributed by atoms with van der Waals surface area (Å²) in [7, 11) is -2.09. The Labute approximate surface area is 75.2 Å². The quantitative estimate of drug-likeness (QED) is 0.686. The van der Waals surface area contributed by atoms with Gasteiger partial charge in [0.1, 0.15) is 4.90 Å². The molecule has 0 unspecified atom stereocenters. The minimum atomic E-state index is -3.69. The van der Waals surface area contributed by atoms with Crippen LogP contribution in [0.1, 0.15) is 5.69 Å². The number of aryl methyl sites for hydroxylation is 1. The van der Waals surface area contributed by atoms with E-state index in [4.69, 9.17) is 16.7 Å². The molecule has 0 aromatic carbocycles. The molecular formula is C5H8ClN3O2S. The summed E-state index contributed by atoms with van der Waals surface area (Å²) in [6, 6.07) is 0. The molecule has 0 radical (unpaired) electrons. The number of nitrogens with two attached hydrogens (primary N) is 1. The van der Waals surface area contributed by atoms with Crippen LogP contribution in [0.15, 0.2) is 11.1 Å². The van der Waals surface area contributed by atoms with E-state index in [0.29, 0.717) is 0 Å². The van der Waals surface area contributed by atoms with Gasteiger partial charge in [0.15, 0.2) is 0 Å². The summed E-state index contributed by atoms with van der Waals surface area (Å²) in [5, 5.41) is 8.73. The number of nitrogens with zero attached hydrogens (tertiary/aromatic N) is 2. The number of rotatable bonds is 2. The number of hydrogen-bond donors (Lipinski definition) is 1. The molecule has 1 aromatic rings. The molecule has 0 aliphatic heterocycles. The van der Waals surface area contributed by atoms with Gasteiger partial charge in [0, 0.05) is 13.2 Å². The molecule has 0 saturated heterocycles. The third kappa shape index (κ3) is 1.77. The van der Waals surface area contributed by atoms with E-state index in [1.807, 2.05) is 0 Å². The summed E-state index contributed by atoms with van der Waals surface area (Å²) < 4.78 is 23.1. The van der Waals surface area contributed by atoms with E-state index >= 15 is 0 Å². The van der Waals surface area contributed by atoms with Crippen LogP contribution in [-0.2, 0) is 23.0 Å². The fourth-order valence-electron chi connectivity index (χ4n) is 0.843. The average Bonchev–Trinajstić information content (AvgIpc) is 2.29. The summed E-state index contributed by atoms with van der Waals surface area (Å²) >= 11 is 5.46. The lowest BCUT2D eigenvalue weighted by Gasteiger charge is -1.92. The number of primary sulfonamides is 1. The highest BCUT2D eigenvalue weighted by molar-refractivity contribution is 7.89. The van der Waals surface area contributed by atoms with Crippen LogP contribution in [0.3, 0.4) is 0 Å². The molecule has 2 N–H and O–H groups in total. The van der Waals surface area contributed by atoms with Gasteiger partial charge >= 0.3 is 0 Å². The second kappa shape index (κ2) is 3.04. The van der Waals surface area contributed by atoms with Crippen LogP contribution >= 0.6 is 11.6 Å². The lowest BCUT2D eigenvalue weighted by molar-refractivity contribution is 0.597. The second-order valence-corrected chi connectivity index (χ2v) is 4.09. The molecule has 0 aliphatic carbocycles. The van der Waals surface area contributed by atoms with Crippen molar-refractivity contribution in [3.8, 4) is 0 Å². The lowest BCUT2D eigenvalue weighted by Crippen LogP contribution is -2.12. The zero-order valence-electron chi connectivity index (χ0n) is 6.36. The van der Waals surface area contributed by atoms with Crippen molar-refractivity contribution < 1.29 is 8.42 Å². The highest BCUT2D eigenvalue weighted by Gasteiger charge is 2.16. The smallest absolute Gasteiger partial charge is 0.241 e. The maximum absolute atomic E-state index is 10.9. The monoisotopic (exact) mass is 209 g/mol. The Balaban J connectivity index is 3.33. The zero-order valence-corrected chi connectivity index (χ0v) is 7.93. The number of halogens is 1. The van der Waals surface area contributed by atoms with Crippen LogP contribution in [0.2, 0.25) is 0 Å². The van der Waals surface area contributed by atoms with Crippen molar-refractivity contribution in [2.75, 3.05) is 0 Å². The van der Waals surface area contributed by atoms with E-state index in [1.54, 1.807) is 7.05 Å². The van der Waals surface area contributed by atoms with Gasteiger partial charge in [-0.3, -0.25) is 4.68 Å². The normalized spacial score (nSPS) is 11.9. The van der Waals surface area contributed by atoms with Crippen molar-refractivity contribution in [3.63, 3.8) is 0 Å². The van der Waals surface area contributed by atoms with E-state index in [-0.39, 0.29) is 16.5 Å². The molecule has 0 aliphatic rings. The van der Waals surface area contributed by atoms with Gasteiger partial charge in [0.25, 0.3) is 0 Å². The molecule has 1 aromatic heterocycles. The Morgan fingerprint density at radius 3 is 2.67 bits per heavy atom. The summed E-state index contributed by atoms with van der Waals surface area (Å²) in [4.78, 5) is -0.0139. The SMILES string of the molecule is Cn1cc(S(N)(=O)=O)c(CCl)n1. The molecule has 0 bridgehead atoms. The number of sulfonamides is 1. The molecule has 0 amide bonds. The predicted molar refractivity (Wildman–Crippen MR) is 44.1 cm³/mol. The van der Waals surface area contributed by atoms with Crippen molar-refractivity contribution in [2.24, 2.45) is 12.2 Å². The fraction of sp³-hybridized carbons (Fsp3) is 0.400. The van der Waals surface area contributed by atoms with Crippen molar-refractivity contribution in [3.05, 3.63) is 11.9 Å². The van der Waals surface area contributed by atoms with Crippen LogP contribution in [0.4, 0.5) is 0 Å². The largest absolute Gasteiger partial charge is 0.274 e. The molecule has 1 rings (SSSR count). The Bertz CT molecular complexity index is 383. The molecule has 12 heavy (non-hydrogen) atoms. The van der Waals surface area contributed by atoms with Gasteiger partial charge in [-0.1, -0.05) is 0 Å². The maximum atomic E-state index is 10.9. The summed E-state index contributed by atoms with van der Waals surface area (Å²) in [6.07, 6.45) is 1.33. The fourth-order valence-corrected chi connectivity index (χ4v) is 1.86. The maximum Gasteiger partial charge on any atom is 0.241 e. The standard InChI is InChI=1S/C5H8ClN3O2S/c1-9-3-5(12(7,10)11)4(2-6)8-9/h3H,2H2,1H3,(H2,7,10,11). The third-order valence-electron chi connectivity index (χ3n) is 1.30. The van der Waals surface area contributed by atoms with Gasteiger partial charge in [-0.15, -0.1) is 11.6 Å². The lowest BCUT2D eigenvalue weighted by atomic mass is 10.5. The number of hydrogen-bond acceptors (Lipinski definition) is 3. The molecule has 7 heteroatoms. The highest BCUT2D eigenvalue weighted by Crippen LogP contribution is 2.13. The average molecular weight is 210 g/mol. The van der Waals surface area contributed by atoms with Crippen molar-refractivity contribution >= 4 is 21.6 Å². The first-order chi connectivity index (χ1) is 5.45. The summed E-state index contributed by atoms with van der Waals surface area (Å²) in [5.41, 5.74) is 0.279. The molecule has 0 spiro atoms. The van der Waals surface area contributed by atoms with Gasteiger partial charge < -0.3 is 0 Å². The molecule has 0 atom stereocenters. The van der Waals surface area contributed by atoms with Crippen molar-refractivity contribution in [2.45, 2.75) is 10.8 Å². The molecule has 68 valence electrons. The summed E-state index contributed by atoms with van der Waals surface area (Å²) in [6.45, 7) is 0. The first-order valence-electron chi connectivity index (χ1n) is 3.06. The van der Waals surface area contributed by atoms with Crippen LogP contribution in [-0.4, -0.2) is 18.2 Å². The van der Waals surface area contributed by atoms with E-state index in [9.17, 15) is 8.42 Å². The van der Waals surface area contributed by atoms with E-state index in [0.717, 1.165) is 0 Å². The van der Waals surface area contributed by atoms with Crippen LogP contribution < -0.4 is 5.14 Å². The Kier molecular flexibility index (Phi) is 2.41. The van der Waals surface area contributed by atoms with Crippen molar-refractivity contribution in [1.82, 2.24) is 9.78 Å². The van der Waals surface area contributed by atoms with Crippen molar-refractivity contribution in [1.29, 1.82) is 0 Å². The Morgan fingerprint density at radius 1 is 1.75 bits per heavy atom. The molecule has 0 fully saturated rings. The minimum Gasteiger partial charge on any atom is -0.274 e. The van der Waals surface area contributed by atoms with Crippen LogP contribution in [0.5, 0.6) is 0 Å². The van der Waals surface area contributed by atoms with Crippen LogP contribution in [0, 0.1) is 0 Å². The van der Waals surface area contributed by atoms with E-state index < -0.39 is 10.0 Å².